The van der Waals surface area contributed by atoms with Crippen LogP contribution in [0, 0.1) is 11.8 Å². The van der Waals surface area contributed by atoms with Gasteiger partial charge >= 0.3 is 12.0 Å². The van der Waals surface area contributed by atoms with E-state index < -0.39 is 5.97 Å². The highest BCUT2D eigenvalue weighted by Crippen LogP contribution is 2.27. The van der Waals surface area contributed by atoms with Crippen molar-refractivity contribution in [1.82, 2.24) is 10.6 Å². The molecule has 1 unspecified atom stereocenters. The minimum Gasteiger partial charge on any atom is -0.481 e. The van der Waals surface area contributed by atoms with E-state index in [1.54, 1.807) is 0 Å². The van der Waals surface area contributed by atoms with Gasteiger partial charge in [-0.05, 0) is 37.5 Å². The number of rotatable bonds is 10. The summed E-state index contributed by atoms with van der Waals surface area (Å²) in [5.41, 5.74) is 0. The Labute approximate surface area is 115 Å². The van der Waals surface area contributed by atoms with E-state index in [0.717, 1.165) is 25.8 Å². The number of carbonyl (C=O) groups excluding carboxylic acids is 1. The van der Waals surface area contributed by atoms with Gasteiger partial charge in [-0.2, -0.15) is 0 Å². The molecule has 0 aromatic carbocycles. The highest BCUT2D eigenvalue weighted by molar-refractivity contribution is 5.73. The molecule has 1 saturated carbocycles. The zero-order valence-electron chi connectivity index (χ0n) is 11.8. The molecule has 19 heavy (non-hydrogen) atoms. The Morgan fingerprint density at radius 2 is 1.95 bits per heavy atom. The molecule has 0 aliphatic heterocycles. The molecule has 0 saturated heterocycles. The maximum atomic E-state index is 11.5. The summed E-state index contributed by atoms with van der Waals surface area (Å²) in [6.45, 7) is 3.51. The fourth-order valence-electron chi connectivity index (χ4n) is 2.18. The zero-order valence-corrected chi connectivity index (χ0v) is 11.8. The number of carboxylic acids is 1. The number of hydrogen-bond acceptors (Lipinski definition) is 2. The lowest BCUT2D eigenvalue weighted by Crippen LogP contribution is -2.37. The predicted octanol–water partition coefficient (Wildman–Crippen LogP) is 2.37. The number of nitrogens with one attached hydrogen (secondary N) is 2. The minimum atomic E-state index is -0.740. The Morgan fingerprint density at radius 3 is 2.53 bits per heavy atom. The third-order valence-electron chi connectivity index (χ3n) is 3.55. The molecule has 110 valence electrons. The van der Waals surface area contributed by atoms with Crippen molar-refractivity contribution in [3.63, 3.8) is 0 Å². The van der Waals surface area contributed by atoms with Gasteiger partial charge < -0.3 is 15.7 Å². The van der Waals surface area contributed by atoms with Gasteiger partial charge in [-0.3, -0.25) is 4.79 Å². The normalized spacial score (nSPS) is 15.8. The Morgan fingerprint density at radius 1 is 1.21 bits per heavy atom. The monoisotopic (exact) mass is 270 g/mol. The predicted molar refractivity (Wildman–Crippen MR) is 74.0 cm³/mol. The second kappa shape index (κ2) is 8.77. The summed E-state index contributed by atoms with van der Waals surface area (Å²) in [5, 5.41) is 14.4. The van der Waals surface area contributed by atoms with Crippen LogP contribution < -0.4 is 10.6 Å². The SMILES string of the molecule is CCCC(CCNC(=O)NCC1CC1)CCC(=O)O. The maximum absolute atomic E-state index is 11.5. The maximum Gasteiger partial charge on any atom is 0.314 e. The first kappa shape index (κ1) is 15.8. The summed E-state index contributed by atoms with van der Waals surface area (Å²) in [5.74, 6) is 0.343. The topological polar surface area (TPSA) is 78.4 Å². The van der Waals surface area contributed by atoms with E-state index in [1.807, 2.05) is 0 Å². The van der Waals surface area contributed by atoms with Crippen LogP contribution in [0.1, 0.15) is 51.9 Å². The van der Waals surface area contributed by atoms with Crippen LogP contribution in [-0.2, 0) is 4.79 Å². The molecule has 1 aliphatic rings. The lowest BCUT2D eigenvalue weighted by molar-refractivity contribution is -0.137. The summed E-state index contributed by atoms with van der Waals surface area (Å²) >= 11 is 0. The van der Waals surface area contributed by atoms with Crippen molar-refractivity contribution in [2.45, 2.75) is 51.9 Å². The summed E-state index contributed by atoms with van der Waals surface area (Å²) in [6.07, 6.45) is 6.32. The van der Waals surface area contributed by atoms with Crippen molar-refractivity contribution in [3.8, 4) is 0 Å². The molecule has 1 rings (SSSR count). The van der Waals surface area contributed by atoms with Crippen molar-refractivity contribution in [2.24, 2.45) is 11.8 Å². The van der Waals surface area contributed by atoms with Crippen LogP contribution in [0.25, 0.3) is 0 Å². The van der Waals surface area contributed by atoms with Crippen LogP contribution >= 0.6 is 0 Å². The molecule has 0 aromatic rings. The molecule has 0 radical (unpaired) electrons. The molecule has 0 aromatic heterocycles. The van der Waals surface area contributed by atoms with Gasteiger partial charge in [0.15, 0.2) is 0 Å². The van der Waals surface area contributed by atoms with Gasteiger partial charge in [0.1, 0.15) is 0 Å². The molecular formula is C14H26N2O3. The molecule has 5 heteroatoms. The van der Waals surface area contributed by atoms with Crippen LogP contribution in [0.2, 0.25) is 0 Å². The van der Waals surface area contributed by atoms with E-state index in [1.165, 1.54) is 12.8 Å². The van der Waals surface area contributed by atoms with Crippen LogP contribution in [-0.4, -0.2) is 30.2 Å². The number of hydrogen-bond donors (Lipinski definition) is 3. The first-order valence-corrected chi connectivity index (χ1v) is 7.35. The van der Waals surface area contributed by atoms with E-state index in [9.17, 15) is 9.59 Å². The first-order chi connectivity index (χ1) is 9.11. The van der Waals surface area contributed by atoms with Crippen molar-refractivity contribution < 1.29 is 14.7 Å². The number of carboxylic acid groups (broad SMARTS) is 1. The third kappa shape index (κ3) is 8.46. The van der Waals surface area contributed by atoms with Gasteiger partial charge in [-0.15, -0.1) is 0 Å². The van der Waals surface area contributed by atoms with Crippen LogP contribution in [0.15, 0.2) is 0 Å². The smallest absolute Gasteiger partial charge is 0.314 e. The molecule has 0 heterocycles. The molecule has 5 nitrogen and oxygen atoms in total. The molecule has 0 spiro atoms. The molecule has 0 bridgehead atoms. The number of urea groups is 1. The highest BCUT2D eigenvalue weighted by Gasteiger charge is 2.21. The van der Waals surface area contributed by atoms with E-state index >= 15 is 0 Å². The van der Waals surface area contributed by atoms with Gasteiger partial charge in [-0.25, -0.2) is 4.79 Å². The summed E-state index contributed by atoms with van der Waals surface area (Å²) in [6, 6.07) is -0.0969. The second-order valence-corrected chi connectivity index (χ2v) is 5.46. The van der Waals surface area contributed by atoms with Gasteiger partial charge in [0.05, 0.1) is 0 Å². The van der Waals surface area contributed by atoms with Crippen molar-refractivity contribution in [3.05, 3.63) is 0 Å². The molecule has 1 atom stereocenters. The van der Waals surface area contributed by atoms with Crippen LogP contribution in [0.3, 0.4) is 0 Å². The van der Waals surface area contributed by atoms with Crippen LogP contribution in [0.4, 0.5) is 4.79 Å². The van der Waals surface area contributed by atoms with E-state index in [4.69, 9.17) is 5.11 Å². The fraction of sp³-hybridized carbons (Fsp3) is 0.857. The van der Waals surface area contributed by atoms with E-state index in [-0.39, 0.29) is 12.5 Å². The van der Waals surface area contributed by atoms with Gasteiger partial charge in [-0.1, -0.05) is 19.8 Å². The first-order valence-electron chi connectivity index (χ1n) is 7.35. The fourth-order valence-corrected chi connectivity index (χ4v) is 2.18. The Balaban J connectivity index is 2.07. The average molecular weight is 270 g/mol. The molecule has 1 fully saturated rings. The van der Waals surface area contributed by atoms with Crippen LogP contribution in [0.5, 0.6) is 0 Å². The second-order valence-electron chi connectivity index (χ2n) is 5.46. The summed E-state index contributed by atoms with van der Waals surface area (Å²) < 4.78 is 0. The number of amides is 2. The molecular weight excluding hydrogens is 244 g/mol. The Bertz CT molecular complexity index is 290. The quantitative estimate of drug-likeness (QED) is 0.570. The lowest BCUT2D eigenvalue weighted by Gasteiger charge is -2.15. The Hall–Kier alpha value is -1.26. The van der Waals surface area contributed by atoms with Gasteiger partial charge in [0, 0.05) is 19.5 Å². The summed E-state index contributed by atoms with van der Waals surface area (Å²) in [7, 11) is 0. The number of aliphatic carboxylic acids is 1. The molecule has 1 aliphatic carbocycles. The van der Waals surface area contributed by atoms with Crippen molar-refractivity contribution >= 4 is 12.0 Å². The zero-order chi connectivity index (χ0) is 14.1. The lowest BCUT2D eigenvalue weighted by atomic mass is 9.94. The van der Waals surface area contributed by atoms with Crippen molar-refractivity contribution in [2.75, 3.05) is 13.1 Å². The molecule has 3 N–H and O–H groups in total. The standard InChI is InChI=1S/C14H26N2O3/c1-2-3-11(6-7-13(17)18)8-9-15-14(19)16-10-12-4-5-12/h11-12H,2-10H2,1H3,(H,17,18)(H2,15,16,19). The Kier molecular flexibility index (Phi) is 7.30. The molecule has 2 amide bonds. The highest BCUT2D eigenvalue weighted by atomic mass is 16.4. The minimum absolute atomic E-state index is 0.0969. The van der Waals surface area contributed by atoms with E-state index in [0.29, 0.717) is 24.8 Å². The summed E-state index contributed by atoms with van der Waals surface area (Å²) in [4.78, 5) is 22.0. The van der Waals surface area contributed by atoms with E-state index in [2.05, 4.69) is 17.6 Å². The van der Waals surface area contributed by atoms with Gasteiger partial charge in [0.2, 0.25) is 0 Å². The number of carbonyl (C=O) groups is 2. The van der Waals surface area contributed by atoms with Gasteiger partial charge in [0.25, 0.3) is 0 Å². The third-order valence-corrected chi connectivity index (χ3v) is 3.55. The largest absolute Gasteiger partial charge is 0.481 e. The van der Waals surface area contributed by atoms with Crippen molar-refractivity contribution in [1.29, 1.82) is 0 Å². The average Bonchev–Trinajstić information content (AvgIpc) is 3.17.